The molecule has 0 aliphatic carbocycles. The third kappa shape index (κ3) is 8.99. The molecular weight excluding hydrogens is 386 g/mol. The molecule has 1 rings (SSSR count). The maximum absolute atomic E-state index is 9.14. The van der Waals surface area contributed by atoms with Gasteiger partial charge < -0.3 is 9.62 Å². The number of nitrogens with zero attached hydrogens (tertiary/aromatic N) is 1. The topological polar surface area (TPSA) is 45.7 Å². The number of rotatable bonds is 18. The second kappa shape index (κ2) is 15.7. The minimum Gasteiger partial charge on any atom is -0.474 e. The van der Waals surface area contributed by atoms with Crippen molar-refractivity contribution in [3.63, 3.8) is 0 Å². The lowest BCUT2D eigenvalue weighted by Crippen LogP contribution is -2.46. The Morgan fingerprint density at radius 2 is 1.53 bits per heavy atom. The van der Waals surface area contributed by atoms with Crippen molar-refractivity contribution in [1.29, 1.82) is 0 Å². The van der Waals surface area contributed by atoms with Crippen LogP contribution in [0.5, 0.6) is 0 Å². The van der Waals surface area contributed by atoms with E-state index < -0.39 is 8.07 Å². The Balaban J connectivity index is 2.55. The van der Waals surface area contributed by atoms with Crippen LogP contribution in [0, 0.1) is 5.92 Å². The van der Waals surface area contributed by atoms with Crippen molar-refractivity contribution >= 4 is 19.2 Å². The zero-order valence-corrected chi connectivity index (χ0v) is 21.6. The number of furan rings is 1. The molecule has 0 saturated heterocycles. The number of hydrogen-bond donors (Lipinski definition) is 1. The van der Waals surface area contributed by atoms with E-state index >= 15 is 0 Å². The molecule has 3 nitrogen and oxygen atoms in total. The van der Waals surface area contributed by atoms with Crippen molar-refractivity contribution in [2.75, 3.05) is 0 Å². The smallest absolute Gasteiger partial charge is 0.131 e. The minimum atomic E-state index is -1.45. The molecule has 4 heteroatoms. The molecule has 0 aliphatic heterocycles. The van der Waals surface area contributed by atoms with E-state index in [2.05, 4.69) is 38.9 Å². The van der Waals surface area contributed by atoms with Gasteiger partial charge in [-0.15, -0.1) is 0 Å². The third-order valence-electron chi connectivity index (χ3n) is 7.29. The second-order valence-corrected chi connectivity index (χ2v) is 14.5. The van der Waals surface area contributed by atoms with Gasteiger partial charge in [-0.2, -0.15) is 0 Å². The Bertz CT molecular complexity index is 569. The van der Waals surface area contributed by atoms with Gasteiger partial charge in [0.15, 0.2) is 0 Å². The van der Waals surface area contributed by atoms with Gasteiger partial charge in [-0.05, 0) is 50.2 Å². The van der Waals surface area contributed by atoms with E-state index in [0.717, 1.165) is 18.6 Å². The van der Waals surface area contributed by atoms with Crippen LogP contribution in [-0.2, 0) is 6.42 Å². The van der Waals surface area contributed by atoms with Gasteiger partial charge in [0.2, 0.25) is 0 Å². The molecule has 1 aromatic heterocycles. The van der Waals surface area contributed by atoms with Crippen LogP contribution in [0.4, 0.5) is 0 Å². The summed E-state index contributed by atoms with van der Waals surface area (Å²) in [6.07, 6.45) is 17.2. The molecule has 0 aromatic carbocycles. The number of oxime groups is 1. The molecule has 1 atom stereocenters. The van der Waals surface area contributed by atoms with E-state index in [0.29, 0.717) is 5.92 Å². The SMILES string of the molecule is CCCCCCCCCC(CCCc1ccoc1[Si](CC)(CC)CC)C/C(C)=N/O. The highest BCUT2D eigenvalue weighted by molar-refractivity contribution is 6.91. The van der Waals surface area contributed by atoms with Gasteiger partial charge in [0.25, 0.3) is 0 Å². The Labute approximate surface area is 187 Å². The first-order valence-electron chi connectivity index (χ1n) is 12.8. The molecule has 0 amide bonds. The van der Waals surface area contributed by atoms with Crippen molar-refractivity contribution in [2.45, 2.75) is 130 Å². The lowest BCUT2D eigenvalue weighted by Gasteiger charge is -2.26. The Morgan fingerprint density at radius 3 is 2.13 bits per heavy atom. The summed E-state index contributed by atoms with van der Waals surface area (Å²) < 4.78 is 6.07. The molecule has 1 unspecified atom stereocenters. The van der Waals surface area contributed by atoms with E-state index in [9.17, 15) is 0 Å². The first kappa shape index (κ1) is 27.0. The van der Waals surface area contributed by atoms with E-state index in [-0.39, 0.29) is 0 Å². The molecule has 1 N–H and O–H groups in total. The van der Waals surface area contributed by atoms with Gasteiger partial charge in [-0.25, -0.2) is 0 Å². The predicted octanol–water partition coefficient (Wildman–Crippen LogP) is 8.31. The number of unbranched alkanes of at least 4 members (excludes halogenated alkanes) is 6. The average molecular weight is 436 g/mol. The monoisotopic (exact) mass is 435 g/mol. The first-order chi connectivity index (χ1) is 14.6. The summed E-state index contributed by atoms with van der Waals surface area (Å²) in [5.41, 5.74) is 2.34. The zero-order valence-electron chi connectivity index (χ0n) is 20.6. The summed E-state index contributed by atoms with van der Waals surface area (Å²) >= 11 is 0. The molecule has 1 aromatic rings. The quantitative estimate of drug-likeness (QED) is 0.0828. The fourth-order valence-corrected chi connectivity index (χ4v) is 8.68. The summed E-state index contributed by atoms with van der Waals surface area (Å²) in [6.45, 7) is 11.3. The largest absolute Gasteiger partial charge is 0.474 e. The van der Waals surface area contributed by atoms with Crippen LogP contribution in [0.25, 0.3) is 0 Å². The van der Waals surface area contributed by atoms with Gasteiger partial charge >= 0.3 is 0 Å². The molecule has 0 aliphatic rings. The molecule has 0 saturated carbocycles. The lowest BCUT2D eigenvalue weighted by atomic mass is 9.90. The van der Waals surface area contributed by atoms with Crippen LogP contribution >= 0.6 is 0 Å². The highest BCUT2D eigenvalue weighted by Gasteiger charge is 2.34. The van der Waals surface area contributed by atoms with Gasteiger partial charge in [0.1, 0.15) is 8.07 Å². The molecule has 0 radical (unpaired) electrons. The minimum absolute atomic E-state index is 0.637. The van der Waals surface area contributed by atoms with Gasteiger partial charge in [0.05, 0.1) is 17.4 Å². The van der Waals surface area contributed by atoms with Crippen molar-refractivity contribution < 1.29 is 9.62 Å². The Kier molecular flexibility index (Phi) is 14.2. The molecule has 0 spiro atoms. The molecule has 30 heavy (non-hydrogen) atoms. The van der Waals surface area contributed by atoms with Gasteiger partial charge in [-0.3, -0.25) is 0 Å². The summed E-state index contributed by atoms with van der Waals surface area (Å²) in [5.74, 6) is 0.637. The maximum Gasteiger partial charge on any atom is 0.131 e. The summed E-state index contributed by atoms with van der Waals surface area (Å²) in [7, 11) is -1.45. The fraction of sp³-hybridized carbons (Fsp3) is 0.808. The van der Waals surface area contributed by atoms with Crippen molar-refractivity contribution in [2.24, 2.45) is 11.1 Å². The van der Waals surface area contributed by atoms with E-state index in [1.807, 2.05) is 13.2 Å². The van der Waals surface area contributed by atoms with Crippen molar-refractivity contribution in [3.05, 3.63) is 17.9 Å². The highest BCUT2D eigenvalue weighted by Crippen LogP contribution is 2.25. The molecule has 1 heterocycles. The average Bonchev–Trinajstić information content (AvgIpc) is 3.23. The van der Waals surface area contributed by atoms with Crippen LogP contribution in [0.2, 0.25) is 18.1 Å². The number of hydrogen-bond acceptors (Lipinski definition) is 3. The predicted molar refractivity (Wildman–Crippen MR) is 134 cm³/mol. The number of aryl methyl sites for hydroxylation is 1. The van der Waals surface area contributed by atoms with E-state index in [1.165, 1.54) is 93.3 Å². The summed E-state index contributed by atoms with van der Waals surface area (Å²) in [5, 5.41) is 14.0. The third-order valence-corrected chi connectivity index (χ3v) is 12.8. The highest BCUT2D eigenvalue weighted by atomic mass is 28.3. The zero-order chi connectivity index (χ0) is 22.2. The van der Waals surface area contributed by atoms with Crippen LogP contribution in [0.15, 0.2) is 21.9 Å². The lowest BCUT2D eigenvalue weighted by molar-refractivity contribution is 0.314. The van der Waals surface area contributed by atoms with Crippen LogP contribution < -0.4 is 5.38 Å². The summed E-state index contributed by atoms with van der Waals surface area (Å²) in [6, 6.07) is 6.04. The summed E-state index contributed by atoms with van der Waals surface area (Å²) in [4.78, 5) is 0. The molecule has 0 fully saturated rings. The van der Waals surface area contributed by atoms with Gasteiger partial charge in [0, 0.05) is 0 Å². The normalized spacial score (nSPS) is 13.7. The standard InChI is InChI=1S/C26H49NO2Si/c1-6-10-11-12-13-14-15-17-24(22-23(5)27-28)18-16-19-25-20-21-29-26(25)30(7-2,8-3)9-4/h20-21,24,28H,6-19,22H2,1-5H3/b27-23+. The Hall–Kier alpha value is -1.03. The van der Waals surface area contributed by atoms with Crippen LogP contribution in [0.1, 0.15) is 111 Å². The fourth-order valence-electron chi connectivity index (χ4n) is 5.01. The maximum atomic E-state index is 9.14. The van der Waals surface area contributed by atoms with Crippen molar-refractivity contribution in [3.8, 4) is 0 Å². The van der Waals surface area contributed by atoms with Crippen LogP contribution in [-0.4, -0.2) is 19.0 Å². The van der Waals surface area contributed by atoms with Gasteiger partial charge in [-0.1, -0.05) is 102 Å². The van der Waals surface area contributed by atoms with E-state index in [4.69, 9.17) is 9.62 Å². The molecule has 0 bridgehead atoms. The Morgan fingerprint density at radius 1 is 0.933 bits per heavy atom. The molecular formula is C26H49NO2Si. The first-order valence-corrected chi connectivity index (χ1v) is 15.4. The van der Waals surface area contributed by atoms with E-state index in [1.54, 1.807) is 0 Å². The second-order valence-electron chi connectivity index (χ2n) is 9.32. The molecule has 174 valence electrons. The van der Waals surface area contributed by atoms with Crippen molar-refractivity contribution in [1.82, 2.24) is 0 Å². The van der Waals surface area contributed by atoms with Crippen LogP contribution in [0.3, 0.4) is 0 Å².